The molecule has 0 unspecified atom stereocenters. The molecule has 1 heterocycles. The summed E-state index contributed by atoms with van der Waals surface area (Å²) < 4.78 is 63.3. The highest BCUT2D eigenvalue weighted by Crippen LogP contribution is 2.29. The Morgan fingerprint density at radius 2 is 1.69 bits per heavy atom. The van der Waals surface area contributed by atoms with E-state index < -0.39 is 26.8 Å². The number of carbonyl (C=O) groups is 1. The number of halogens is 4. The van der Waals surface area contributed by atoms with Gasteiger partial charge in [-0.1, -0.05) is 23.7 Å². The molecule has 0 saturated carbocycles. The molecule has 4 nitrogen and oxygen atoms in total. The van der Waals surface area contributed by atoms with Gasteiger partial charge in [0.25, 0.3) is 0 Å². The van der Waals surface area contributed by atoms with Crippen molar-refractivity contribution in [1.82, 2.24) is 4.90 Å². The minimum atomic E-state index is -4.39. The van der Waals surface area contributed by atoms with Gasteiger partial charge in [-0.05, 0) is 54.8 Å². The summed E-state index contributed by atoms with van der Waals surface area (Å²) in [6.45, 7) is 0.445. The zero-order chi connectivity index (χ0) is 21.2. The van der Waals surface area contributed by atoms with Crippen LogP contribution in [0, 0.1) is 0 Å². The van der Waals surface area contributed by atoms with E-state index in [9.17, 15) is 26.4 Å². The molecule has 1 fully saturated rings. The summed E-state index contributed by atoms with van der Waals surface area (Å²) in [6.07, 6.45) is -3.65. The quantitative estimate of drug-likeness (QED) is 0.687. The van der Waals surface area contributed by atoms with E-state index in [0.717, 1.165) is 12.1 Å². The second kappa shape index (κ2) is 8.36. The zero-order valence-electron chi connectivity index (χ0n) is 15.3. The SMILES string of the molecule is O=C(CCc1ccc(C(F)(F)F)cc1)N1CC[C@@H](S(=O)(=O)c2ccc(Cl)cc2)C1. The lowest BCUT2D eigenvalue weighted by atomic mass is 10.1. The van der Waals surface area contributed by atoms with Crippen molar-refractivity contribution in [1.29, 1.82) is 0 Å². The van der Waals surface area contributed by atoms with Gasteiger partial charge in [-0.15, -0.1) is 0 Å². The first kappa shape index (κ1) is 21.6. The summed E-state index contributed by atoms with van der Waals surface area (Å²) in [5, 5.41) is -0.242. The highest BCUT2D eigenvalue weighted by molar-refractivity contribution is 7.92. The standard InChI is InChI=1S/C20H19ClF3NO3S/c21-16-6-8-17(9-7-16)29(27,28)18-11-12-25(13-18)19(26)10-3-14-1-4-15(5-2-14)20(22,23)24/h1-2,4-9,18H,3,10-13H2/t18-/m1/s1. The van der Waals surface area contributed by atoms with Crippen LogP contribution in [0.3, 0.4) is 0 Å². The van der Waals surface area contributed by atoms with Crippen LogP contribution < -0.4 is 0 Å². The Morgan fingerprint density at radius 1 is 1.07 bits per heavy atom. The molecule has 1 aliphatic heterocycles. The topological polar surface area (TPSA) is 54.5 Å². The van der Waals surface area contributed by atoms with E-state index in [-0.39, 0.29) is 23.8 Å². The van der Waals surface area contributed by atoms with Crippen molar-refractivity contribution in [2.75, 3.05) is 13.1 Å². The summed E-state index contributed by atoms with van der Waals surface area (Å²) in [5.74, 6) is -0.210. The molecule has 0 aliphatic carbocycles. The predicted octanol–water partition coefficient (Wildman–Crippen LogP) is 4.37. The minimum Gasteiger partial charge on any atom is -0.341 e. The van der Waals surface area contributed by atoms with Gasteiger partial charge in [-0.2, -0.15) is 13.2 Å². The predicted molar refractivity (Wildman–Crippen MR) is 103 cm³/mol. The van der Waals surface area contributed by atoms with Gasteiger partial charge in [-0.3, -0.25) is 4.79 Å². The van der Waals surface area contributed by atoms with Crippen molar-refractivity contribution in [3.05, 3.63) is 64.7 Å². The first-order valence-electron chi connectivity index (χ1n) is 9.01. The molecule has 0 spiro atoms. The number of likely N-dealkylation sites (tertiary alicyclic amines) is 1. The molecule has 2 aromatic rings. The van der Waals surface area contributed by atoms with Crippen LogP contribution in [0.2, 0.25) is 5.02 Å². The number of nitrogens with zero attached hydrogens (tertiary/aromatic N) is 1. The van der Waals surface area contributed by atoms with Gasteiger partial charge in [-0.25, -0.2) is 8.42 Å². The summed E-state index contributed by atoms with van der Waals surface area (Å²) in [6, 6.07) is 10.6. The van der Waals surface area contributed by atoms with Crippen molar-refractivity contribution in [3.8, 4) is 0 Å². The maximum atomic E-state index is 12.7. The van der Waals surface area contributed by atoms with Crippen LogP contribution >= 0.6 is 11.6 Å². The maximum absolute atomic E-state index is 12.7. The molecule has 1 atom stereocenters. The van der Waals surface area contributed by atoms with Crippen molar-refractivity contribution in [3.63, 3.8) is 0 Å². The van der Waals surface area contributed by atoms with Gasteiger partial charge in [0.1, 0.15) is 0 Å². The Hall–Kier alpha value is -2.06. The third-order valence-electron chi connectivity index (χ3n) is 4.99. The van der Waals surface area contributed by atoms with E-state index in [0.29, 0.717) is 30.0 Å². The molecule has 0 bridgehead atoms. The molecule has 3 rings (SSSR count). The summed E-state index contributed by atoms with van der Waals surface area (Å²) in [7, 11) is -3.57. The fourth-order valence-corrected chi connectivity index (χ4v) is 5.11. The van der Waals surface area contributed by atoms with E-state index >= 15 is 0 Å². The Balaban J connectivity index is 1.57. The molecule has 1 saturated heterocycles. The molecule has 9 heteroatoms. The number of alkyl halides is 3. The Bertz CT molecular complexity index is 974. The lowest BCUT2D eigenvalue weighted by molar-refractivity contribution is -0.137. The monoisotopic (exact) mass is 445 g/mol. The van der Waals surface area contributed by atoms with Crippen molar-refractivity contribution in [2.24, 2.45) is 0 Å². The number of benzene rings is 2. The number of aryl methyl sites for hydroxylation is 1. The number of amides is 1. The largest absolute Gasteiger partial charge is 0.416 e. The number of hydrogen-bond donors (Lipinski definition) is 0. The molecule has 1 aliphatic rings. The molecule has 29 heavy (non-hydrogen) atoms. The van der Waals surface area contributed by atoms with Crippen molar-refractivity contribution < 1.29 is 26.4 Å². The Labute approximate surface area is 172 Å². The number of carbonyl (C=O) groups excluding carboxylic acids is 1. The van der Waals surface area contributed by atoms with E-state index in [1.165, 1.54) is 41.3 Å². The normalized spacial score (nSPS) is 17.5. The van der Waals surface area contributed by atoms with Crippen molar-refractivity contribution >= 4 is 27.3 Å². The van der Waals surface area contributed by atoms with Crippen LogP contribution in [0.15, 0.2) is 53.4 Å². The molecule has 2 aromatic carbocycles. The lowest BCUT2D eigenvalue weighted by Gasteiger charge is -2.17. The summed E-state index contributed by atoms with van der Waals surface area (Å²) in [5.41, 5.74) is -0.113. The smallest absolute Gasteiger partial charge is 0.341 e. The highest BCUT2D eigenvalue weighted by Gasteiger charge is 2.36. The molecule has 0 radical (unpaired) electrons. The van der Waals surface area contributed by atoms with Gasteiger partial charge < -0.3 is 4.90 Å². The van der Waals surface area contributed by atoms with Crippen LogP contribution in [0.4, 0.5) is 13.2 Å². The van der Waals surface area contributed by atoms with E-state index in [1.807, 2.05) is 0 Å². The molecule has 0 aromatic heterocycles. The second-order valence-electron chi connectivity index (χ2n) is 6.94. The Kier molecular flexibility index (Phi) is 6.24. The van der Waals surface area contributed by atoms with E-state index in [4.69, 9.17) is 11.6 Å². The average Bonchev–Trinajstić information content (AvgIpc) is 3.17. The van der Waals surface area contributed by atoms with Crippen molar-refractivity contribution in [2.45, 2.75) is 35.6 Å². The fourth-order valence-electron chi connectivity index (χ4n) is 3.29. The maximum Gasteiger partial charge on any atom is 0.416 e. The van der Waals surface area contributed by atoms with Crippen LogP contribution in [0.25, 0.3) is 0 Å². The van der Waals surface area contributed by atoms with Crippen LogP contribution in [-0.2, 0) is 27.2 Å². The van der Waals surface area contributed by atoms with Crippen LogP contribution in [0.5, 0.6) is 0 Å². The molecule has 0 N–H and O–H groups in total. The molecular formula is C20H19ClF3NO3S. The fraction of sp³-hybridized carbons (Fsp3) is 0.350. The van der Waals surface area contributed by atoms with Gasteiger partial charge >= 0.3 is 6.18 Å². The average molecular weight is 446 g/mol. The number of rotatable bonds is 5. The van der Waals surface area contributed by atoms with Gasteiger partial charge in [0, 0.05) is 24.5 Å². The number of sulfone groups is 1. The third-order valence-corrected chi connectivity index (χ3v) is 7.43. The van der Waals surface area contributed by atoms with Gasteiger partial charge in [0.05, 0.1) is 15.7 Å². The summed E-state index contributed by atoms with van der Waals surface area (Å²) >= 11 is 5.80. The summed E-state index contributed by atoms with van der Waals surface area (Å²) in [4.78, 5) is 14.1. The van der Waals surface area contributed by atoms with Gasteiger partial charge in [0.15, 0.2) is 9.84 Å². The molecule has 1 amide bonds. The zero-order valence-corrected chi connectivity index (χ0v) is 16.9. The lowest BCUT2D eigenvalue weighted by Crippen LogP contribution is -2.32. The van der Waals surface area contributed by atoms with Crippen LogP contribution in [0.1, 0.15) is 24.0 Å². The third kappa shape index (κ3) is 5.11. The first-order chi connectivity index (χ1) is 13.6. The molecular weight excluding hydrogens is 427 g/mol. The number of hydrogen-bond acceptors (Lipinski definition) is 3. The van der Waals surface area contributed by atoms with E-state index in [2.05, 4.69) is 0 Å². The Morgan fingerprint density at radius 3 is 2.28 bits per heavy atom. The highest BCUT2D eigenvalue weighted by atomic mass is 35.5. The second-order valence-corrected chi connectivity index (χ2v) is 9.61. The van der Waals surface area contributed by atoms with E-state index in [1.54, 1.807) is 0 Å². The molecule has 156 valence electrons. The van der Waals surface area contributed by atoms with Crippen LogP contribution in [-0.4, -0.2) is 37.6 Å². The minimum absolute atomic E-state index is 0.108. The van der Waals surface area contributed by atoms with Gasteiger partial charge in [0.2, 0.25) is 5.91 Å². The first-order valence-corrected chi connectivity index (χ1v) is 10.9.